The smallest absolute Gasteiger partial charge is 0.291 e. The second-order valence-electron chi connectivity index (χ2n) is 5.34. The first-order valence-electron chi connectivity index (χ1n) is 6.97. The van der Waals surface area contributed by atoms with E-state index in [1.54, 1.807) is 21.9 Å². The van der Waals surface area contributed by atoms with E-state index in [9.17, 15) is 4.79 Å². The zero-order valence-corrected chi connectivity index (χ0v) is 13.4. The Morgan fingerprint density at radius 1 is 1.48 bits per heavy atom. The standard InChI is InChI=1S/C13H17BrN6O/c1-19-8-16-11(18-19)6-15-12-10(14)5-17-20(13(12)21)7-9-3-2-4-9/h5,8-9,15H,2-4,6-7H2,1H3. The topological polar surface area (TPSA) is 77.6 Å². The summed E-state index contributed by atoms with van der Waals surface area (Å²) in [5.41, 5.74) is 0.406. The molecule has 0 radical (unpaired) electrons. The van der Waals surface area contributed by atoms with Crippen LogP contribution < -0.4 is 10.9 Å². The summed E-state index contributed by atoms with van der Waals surface area (Å²) in [6.45, 7) is 1.10. The molecule has 1 saturated carbocycles. The summed E-state index contributed by atoms with van der Waals surface area (Å²) in [4.78, 5) is 16.6. The molecule has 21 heavy (non-hydrogen) atoms. The molecule has 0 amide bonds. The van der Waals surface area contributed by atoms with Crippen LogP contribution in [-0.2, 0) is 20.1 Å². The van der Waals surface area contributed by atoms with E-state index in [0.29, 0.717) is 35.0 Å². The van der Waals surface area contributed by atoms with Gasteiger partial charge in [-0.05, 0) is 34.7 Å². The molecule has 8 heteroatoms. The monoisotopic (exact) mass is 352 g/mol. The van der Waals surface area contributed by atoms with Crippen molar-refractivity contribution in [1.29, 1.82) is 0 Å². The predicted molar refractivity (Wildman–Crippen MR) is 81.9 cm³/mol. The number of aryl methyl sites for hydroxylation is 1. The van der Waals surface area contributed by atoms with Crippen molar-refractivity contribution < 1.29 is 0 Å². The number of nitrogens with one attached hydrogen (secondary N) is 1. The van der Waals surface area contributed by atoms with Crippen molar-refractivity contribution >= 4 is 21.6 Å². The molecule has 1 aliphatic rings. The molecule has 1 N–H and O–H groups in total. The maximum absolute atomic E-state index is 12.5. The van der Waals surface area contributed by atoms with Crippen molar-refractivity contribution in [3.05, 3.63) is 33.2 Å². The fourth-order valence-corrected chi connectivity index (χ4v) is 2.71. The summed E-state index contributed by atoms with van der Waals surface area (Å²) >= 11 is 3.37. The highest BCUT2D eigenvalue weighted by Gasteiger charge is 2.20. The van der Waals surface area contributed by atoms with Crippen molar-refractivity contribution in [3.63, 3.8) is 0 Å². The van der Waals surface area contributed by atoms with Gasteiger partial charge in [0.25, 0.3) is 5.56 Å². The molecule has 0 aromatic carbocycles. The highest BCUT2D eigenvalue weighted by molar-refractivity contribution is 9.10. The quantitative estimate of drug-likeness (QED) is 0.883. The highest BCUT2D eigenvalue weighted by atomic mass is 79.9. The third-order valence-corrected chi connectivity index (χ3v) is 4.33. The van der Waals surface area contributed by atoms with Crippen LogP contribution >= 0.6 is 15.9 Å². The molecular formula is C13H17BrN6O. The van der Waals surface area contributed by atoms with Crippen LogP contribution in [0.3, 0.4) is 0 Å². The lowest BCUT2D eigenvalue weighted by Crippen LogP contribution is -2.30. The number of hydrogen-bond acceptors (Lipinski definition) is 5. The van der Waals surface area contributed by atoms with Gasteiger partial charge in [0.1, 0.15) is 12.0 Å². The van der Waals surface area contributed by atoms with Crippen LogP contribution in [0.2, 0.25) is 0 Å². The summed E-state index contributed by atoms with van der Waals surface area (Å²) in [5, 5.41) is 11.5. The van der Waals surface area contributed by atoms with Gasteiger partial charge in [0.2, 0.25) is 0 Å². The van der Waals surface area contributed by atoms with E-state index in [1.165, 1.54) is 19.3 Å². The van der Waals surface area contributed by atoms with Crippen LogP contribution in [0.1, 0.15) is 25.1 Å². The minimum absolute atomic E-state index is 0.104. The van der Waals surface area contributed by atoms with E-state index in [0.717, 1.165) is 0 Å². The predicted octanol–water partition coefficient (Wildman–Crippen LogP) is 1.55. The Kier molecular flexibility index (Phi) is 4.05. The third kappa shape index (κ3) is 3.15. The molecule has 0 unspecified atom stereocenters. The number of nitrogens with zero attached hydrogens (tertiary/aromatic N) is 5. The van der Waals surface area contributed by atoms with Crippen LogP contribution in [0.4, 0.5) is 5.69 Å². The Balaban J connectivity index is 1.76. The van der Waals surface area contributed by atoms with Crippen LogP contribution in [-0.4, -0.2) is 24.5 Å². The first-order valence-corrected chi connectivity index (χ1v) is 7.77. The lowest BCUT2D eigenvalue weighted by atomic mass is 9.85. The van der Waals surface area contributed by atoms with Gasteiger partial charge in [0.05, 0.1) is 17.2 Å². The zero-order chi connectivity index (χ0) is 14.8. The van der Waals surface area contributed by atoms with E-state index in [2.05, 4.69) is 36.4 Å². The molecule has 0 saturated heterocycles. The first-order chi connectivity index (χ1) is 10.1. The molecule has 0 aliphatic heterocycles. The Labute approximate surface area is 130 Å². The van der Waals surface area contributed by atoms with Crippen LogP contribution in [0.25, 0.3) is 0 Å². The molecule has 112 valence electrons. The summed E-state index contributed by atoms with van der Waals surface area (Å²) < 4.78 is 3.84. The maximum Gasteiger partial charge on any atom is 0.291 e. The summed E-state index contributed by atoms with van der Waals surface area (Å²) in [6, 6.07) is 0. The molecule has 2 aromatic heterocycles. The molecule has 7 nitrogen and oxygen atoms in total. The largest absolute Gasteiger partial charge is 0.372 e. The third-order valence-electron chi connectivity index (χ3n) is 3.72. The maximum atomic E-state index is 12.5. The fourth-order valence-electron chi connectivity index (χ4n) is 2.31. The molecule has 2 aromatic rings. The molecule has 1 aliphatic carbocycles. The number of rotatable bonds is 5. The van der Waals surface area contributed by atoms with Gasteiger partial charge in [-0.3, -0.25) is 9.48 Å². The van der Waals surface area contributed by atoms with E-state index < -0.39 is 0 Å². The number of hydrogen-bond donors (Lipinski definition) is 1. The second-order valence-corrected chi connectivity index (χ2v) is 6.19. The van der Waals surface area contributed by atoms with E-state index >= 15 is 0 Å². The Bertz CT molecular complexity index is 690. The summed E-state index contributed by atoms with van der Waals surface area (Å²) in [6.07, 6.45) is 6.92. The van der Waals surface area contributed by atoms with Gasteiger partial charge in [0.15, 0.2) is 5.82 Å². The van der Waals surface area contributed by atoms with Gasteiger partial charge in [-0.2, -0.15) is 10.2 Å². The Morgan fingerprint density at radius 3 is 2.90 bits per heavy atom. The molecule has 3 rings (SSSR count). The first kappa shape index (κ1) is 14.2. The van der Waals surface area contributed by atoms with E-state index in [1.807, 2.05) is 7.05 Å². The van der Waals surface area contributed by atoms with Crippen molar-refractivity contribution in [3.8, 4) is 0 Å². The van der Waals surface area contributed by atoms with Gasteiger partial charge in [0, 0.05) is 13.6 Å². The molecule has 0 spiro atoms. The zero-order valence-electron chi connectivity index (χ0n) is 11.8. The molecule has 0 atom stereocenters. The van der Waals surface area contributed by atoms with E-state index in [4.69, 9.17) is 0 Å². The average Bonchev–Trinajstić information content (AvgIpc) is 2.81. The number of anilines is 1. The van der Waals surface area contributed by atoms with Crippen molar-refractivity contribution in [2.45, 2.75) is 32.4 Å². The van der Waals surface area contributed by atoms with Crippen molar-refractivity contribution in [1.82, 2.24) is 24.5 Å². The van der Waals surface area contributed by atoms with Crippen LogP contribution in [0.5, 0.6) is 0 Å². The Morgan fingerprint density at radius 2 is 2.29 bits per heavy atom. The molecule has 1 fully saturated rings. The minimum Gasteiger partial charge on any atom is -0.372 e. The van der Waals surface area contributed by atoms with Gasteiger partial charge in [-0.1, -0.05) is 6.42 Å². The lowest BCUT2D eigenvalue weighted by Gasteiger charge is -2.25. The average molecular weight is 353 g/mol. The van der Waals surface area contributed by atoms with E-state index in [-0.39, 0.29) is 5.56 Å². The lowest BCUT2D eigenvalue weighted by molar-refractivity contribution is 0.262. The molecular weight excluding hydrogens is 336 g/mol. The van der Waals surface area contributed by atoms with Gasteiger partial charge in [-0.15, -0.1) is 0 Å². The Hall–Kier alpha value is -1.70. The van der Waals surface area contributed by atoms with Gasteiger partial charge in [-0.25, -0.2) is 9.67 Å². The number of aromatic nitrogens is 5. The van der Waals surface area contributed by atoms with Gasteiger partial charge >= 0.3 is 0 Å². The van der Waals surface area contributed by atoms with Crippen LogP contribution in [0, 0.1) is 5.92 Å². The fraction of sp³-hybridized carbons (Fsp3) is 0.538. The highest BCUT2D eigenvalue weighted by Crippen LogP contribution is 2.27. The number of halogens is 1. The second kappa shape index (κ2) is 5.97. The van der Waals surface area contributed by atoms with Crippen molar-refractivity contribution in [2.24, 2.45) is 13.0 Å². The summed E-state index contributed by atoms with van der Waals surface area (Å²) in [5.74, 6) is 1.23. The molecule has 0 bridgehead atoms. The van der Waals surface area contributed by atoms with Crippen LogP contribution in [0.15, 0.2) is 21.8 Å². The SMILES string of the molecule is Cn1cnc(CNc2c(Br)cnn(CC3CCC3)c2=O)n1. The summed E-state index contributed by atoms with van der Waals surface area (Å²) in [7, 11) is 1.81. The minimum atomic E-state index is -0.104. The molecule has 2 heterocycles. The van der Waals surface area contributed by atoms with Crippen molar-refractivity contribution in [2.75, 3.05) is 5.32 Å². The normalized spacial score (nSPS) is 15.0. The van der Waals surface area contributed by atoms with Gasteiger partial charge < -0.3 is 5.32 Å².